The zero-order valence-corrected chi connectivity index (χ0v) is 17.1. The van der Waals surface area contributed by atoms with Gasteiger partial charge in [0, 0.05) is 37.6 Å². The Labute approximate surface area is 179 Å². The molecule has 1 fully saturated rings. The van der Waals surface area contributed by atoms with Crippen LogP contribution in [0.15, 0.2) is 65.1 Å². The molecule has 1 aliphatic rings. The number of hydrogen-bond donors (Lipinski definition) is 1. The first kappa shape index (κ1) is 20.2. The lowest BCUT2D eigenvalue weighted by Crippen LogP contribution is -2.50. The lowest BCUT2D eigenvalue weighted by atomic mass is 10.2. The number of fused-ring (bicyclic) bond motifs is 1. The molecule has 0 saturated carbocycles. The number of benzene rings is 2. The Kier molecular flexibility index (Phi) is 6.16. The van der Waals surface area contributed by atoms with Crippen molar-refractivity contribution in [3.63, 3.8) is 0 Å². The van der Waals surface area contributed by atoms with E-state index in [9.17, 15) is 9.59 Å². The summed E-state index contributed by atoms with van der Waals surface area (Å²) in [6, 6.07) is 16.8. The number of nitrogens with zero attached hydrogens (tertiary/aromatic N) is 2. The monoisotopic (exact) mass is 423 g/mol. The van der Waals surface area contributed by atoms with Gasteiger partial charge in [-0.05, 0) is 30.3 Å². The van der Waals surface area contributed by atoms with Crippen LogP contribution in [0.2, 0.25) is 5.02 Å². The van der Waals surface area contributed by atoms with Gasteiger partial charge in [-0.2, -0.15) is 0 Å². The molecule has 2 aromatic carbocycles. The van der Waals surface area contributed by atoms with Crippen molar-refractivity contribution < 1.29 is 14.0 Å². The van der Waals surface area contributed by atoms with E-state index in [1.807, 2.05) is 47.4 Å². The van der Waals surface area contributed by atoms with Gasteiger partial charge in [0.25, 0.3) is 0 Å². The number of nitrogens with one attached hydrogen (secondary N) is 1. The molecule has 1 N–H and O–H groups in total. The summed E-state index contributed by atoms with van der Waals surface area (Å²) in [7, 11) is 0. The number of amides is 2. The van der Waals surface area contributed by atoms with E-state index < -0.39 is 0 Å². The first-order chi connectivity index (χ1) is 14.6. The zero-order valence-electron chi connectivity index (χ0n) is 16.4. The van der Waals surface area contributed by atoms with E-state index >= 15 is 0 Å². The highest BCUT2D eigenvalue weighted by atomic mass is 35.5. The molecule has 0 unspecified atom stereocenters. The minimum Gasteiger partial charge on any atom is -0.457 e. The summed E-state index contributed by atoms with van der Waals surface area (Å²) >= 11 is 6.08. The van der Waals surface area contributed by atoms with Crippen molar-refractivity contribution in [2.45, 2.75) is 0 Å². The van der Waals surface area contributed by atoms with E-state index in [1.54, 1.807) is 23.1 Å². The number of carbonyl (C=O) groups excluding carboxylic acids is 2. The van der Waals surface area contributed by atoms with Crippen LogP contribution in [0.3, 0.4) is 0 Å². The Bertz CT molecular complexity index is 1050. The van der Waals surface area contributed by atoms with Gasteiger partial charge in [0.1, 0.15) is 11.3 Å². The van der Waals surface area contributed by atoms with Gasteiger partial charge in [-0.3, -0.25) is 14.5 Å². The highest BCUT2D eigenvalue weighted by Crippen LogP contribution is 2.21. The van der Waals surface area contributed by atoms with Crippen LogP contribution >= 0.6 is 11.6 Å². The normalized spacial score (nSPS) is 15.0. The third kappa shape index (κ3) is 4.90. The van der Waals surface area contributed by atoms with Crippen LogP contribution in [0, 0.1) is 0 Å². The molecular formula is C23H22ClN3O3. The van der Waals surface area contributed by atoms with Gasteiger partial charge < -0.3 is 14.6 Å². The first-order valence-electron chi connectivity index (χ1n) is 9.81. The lowest BCUT2D eigenvalue weighted by molar-refractivity contribution is -0.127. The number of halogens is 1. The van der Waals surface area contributed by atoms with Crippen molar-refractivity contribution in [2.24, 2.45) is 0 Å². The third-order valence-electron chi connectivity index (χ3n) is 5.03. The summed E-state index contributed by atoms with van der Waals surface area (Å²) in [4.78, 5) is 28.6. The minimum absolute atomic E-state index is 0.0596. The molecule has 0 bridgehead atoms. The van der Waals surface area contributed by atoms with Crippen molar-refractivity contribution in [2.75, 3.05) is 38.0 Å². The quantitative estimate of drug-likeness (QED) is 0.632. The predicted octanol–water partition coefficient (Wildman–Crippen LogP) is 3.88. The predicted molar refractivity (Wildman–Crippen MR) is 118 cm³/mol. The first-order valence-corrected chi connectivity index (χ1v) is 10.2. The van der Waals surface area contributed by atoms with Crippen molar-refractivity contribution >= 4 is 46.1 Å². The van der Waals surface area contributed by atoms with Crippen LogP contribution in [-0.2, 0) is 9.59 Å². The number of para-hydroxylation sites is 2. The second-order valence-electron chi connectivity index (χ2n) is 7.15. The minimum atomic E-state index is -0.118. The molecular weight excluding hydrogens is 402 g/mol. The molecule has 30 heavy (non-hydrogen) atoms. The number of rotatable bonds is 5. The highest BCUT2D eigenvalue weighted by molar-refractivity contribution is 6.33. The van der Waals surface area contributed by atoms with Crippen molar-refractivity contribution in [1.82, 2.24) is 9.80 Å². The van der Waals surface area contributed by atoms with Crippen LogP contribution in [0.25, 0.3) is 17.0 Å². The van der Waals surface area contributed by atoms with E-state index in [4.69, 9.17) is 16.0 Å². The van der Waals surface area contributed by atoms with Gasteiger partial charge in [-0.1, -0.05) is 41.9 Å². The molecule has 0 aliphatic carbocycles. The fourth-order valence-corrected chi connectivity index (χ4v) is 3.61. The molecule has 0 spiro atoms. The summed E-state index contributed by atoms with van der Waals surface area (Å²) in [5.74, 6) is 0.475. The van der Waals surface area contributed by atoms with E-state index in [0.717, 1.165) is 11.0 Å². The molecule has 1 saturated heterocycles. The molecule has 154 valence electrons. The van der Waals surface area contributed by atoms with E-state index in [1.165, 1.54) is 6.08 Å². The molecule has 2 amide bonds. The maximum Gasteiger partial charge on any atom is 0.246 e. The number of furan rings is 1. The van der Waals surface area contributed by atoms with Crippen LogP contribution in [0.1, 0.15) is 5.76 Å². The average molecular weight is 424 g/mol. The summed E-state index contributed by atoms with van der Waals surface area (Å²) in [6.45, 7) is 2.69. The lowest BCUT2D eigenvalue weighted by Gasteiger charge is -2.33. The third-order valence-corrected chi connectivity index (χ3v) is 5.36. The molecule has 0 radical (unpaired) electrons. The Balaban J connectivity index is 1.26. The Morgan fingerprint density at radius 2 is 1.77 bits per heavy atom. The molecule has 2 heterocycles. The van der Waals surface area contributed by atoms with Crippen molar-refractivity contribution in [3.05, 3.63) is 71.5 Å². The zero-order chi connectivity index (χ0) is 20.9. The molecule has 3 aromatic rings. The second-order valence-corrected chi connectivity index (χ2v) is 7.56. The van der Waals surface area contributed by atoms with Gasteiger partial charge in [-0.25, -0.2) is 0 Å². The van der Waals surface area contributed by atoms with E-state index in [-0.39, 0.29) is 18.4 Å². The van der Waals surface area contributed by atoms with Gasteiger partial charge in [-0.15, -0.1) is 0 Å². The van der Waals surface area contributed by atoms with E-state index in [0.29, 0.717) is 42.6 Å². The number of anilines is 1. The standard InChI is InChI=1S/C23H22ClN3O3/c24-19-6-2-3-7-20(19)25-22(28)16-26-11-13-27(14-12-26)23(29)10-9-18-15-17-5-1-4-8-21(17)30-18/h1-10,15H,11-14,16H2,(H,25,28)/b10-9+. The molecule has 1 aliphatic heterocycles. The van der Waals surface area contributed by atoms with Crippen LogP contribution in [0.4, 0.5) is 5.69 Å². The van der Waals surface area contributed by atoms with Gasteiger partial charge in [0.15, 0.2) is 0 Å². The maximum atomic E-state index is 12.5. The molecule has 4 rings (SSSR count). The van der Waals surface area contributed by atoms with Crippen molar-refractivity contribution in [3.8, 4) is 0 Å². The summed E-state index contributed by atoms with van der Waals surface area (Å²) in [5, 5.41) is 4.35. The largest absolute Gasteiger partial charge is 0.457 e. The summed E-state index contributed by atoms with van der Waals surface area (Å²) in [6.07, 6.45) is 3.24. The molecule has 7 heteroatoms. The second kappa shape index (κ2) is 9.15. The molecule has 6 nitrogen and oxygen atoms in total. The van der Waals surface area contributed by atoms with Crippen LogP contribution in [0.5, 0.6) is 0 Å². The highest BCUT2D eigenvalue weighted by Gasteiger charge is 2.21. The topological polar surface area (TPSA) is 65.8 Å². The number of hydrogen-bond acceptors (Lipinski definition) is 4. The molecule has 1 aromatic heterocycles. The summed E-state index contributed by atoms with van der Waals surface area (Å²) in [5.41, 5.74) is 1.40. The van der Waals surface area contributed by atoms with Crippen molar-refractivity contribution in [1.29, 1.82) is 0 Å². The number of piperazine rings is 1. The van der Waals surface area contributed by atoms with Crippen LogP contribution < -0.4 is 5.32 Å². The fourth-order valence-electron chi connectivity index (χ4n) is 3.43. The maximum absolute atomic E-state index is 12.5. The Morgan fingerprint density at radius 3 is 2.53 bits per heavy atom. The Hall–Kier alpha value is -3.09. The average Bonchev–Trinajstić information content (AvgIpc) is 3.17. The smallest absolute Gasteiger partial charge is 0.246 e. The van der Waals surface area contributed by atoms with Gasteiger partial charge in [0.05, 0.1) is 17.3 Å². The Morgan fingerprint density at radius 1 is 1.03 bits per heavy atom. The van der Waals surface area contributed by atoms with Crippen LogP contribution in [-0.4, -0.2) is 54.3 Å². The van der Waals surface area contributed by atoms with E-state index in [2.05, 4.69) is 5.32 Å². The fraction of sp³-hybridized carbons (Fsp3) is 0.217. The number of carbonyl (C=O) groups is 2. The van der Waals surface area contributed by atoms with Gasteiger partial charge in [0.2, 0.25) is 11.8 Å². The molecule has 0 atom stereocenters. The summed E-state index contributed by atoms with van der Waals surface area (Å²) < 4.78 is 5.70. The van der Waals surface area contributed by atoms with Gasteiger partial charge >= 0.3 is 0 Å². The SMILES string of the molecule is O=C(CN1CCN(C(=O)/C=C/c2cc3ccccc3o2)CC1)Nc1ccccc1Cl.